The van der Waals surface area contributed by atoms with Gasteiger partial charge in [-0.3, -0.25) is 9.59 Å². The van der Waals surface area contributed by atoms with Gasteiger partial charge in [0.05, 0.1) is 11.5 Å². The van der Waals surface area contributed by atoms with Crippen molar-refractivity contribution >= 4 is 29.0 Å². The lowest BCUT2D eigenvalue weighted by molar-refractivity contribution is -0.146. The van der Waals surface area contributed by atoms with Crippen LogP contribution in [0.1, 0.15) is 12.8 Å². The van der Waals surface area contributed by atoms with Crippen LogP contribution in [0.5, 0.6) is 0 Å². The van der Waals surface area contributed by atoms with E-state index >= 15 is 0 Å². The lowest BCUT2D eigenvalue weighted by Crippen LogP contribution is -2.52. The number of hydrogen-bond acceptors (Lipinski definition) is 4. The van der Waals surface area contributed by atoms with Gasteiger partial charge in [-0.2, -0.15) is 0 Å². The van der Waals surface area contributed by atoms with Gasteiger partial charge in [0.25, 0.3) is 0 Å². The van der Waals surface area contributed by atoms with Crippen molar-refractivity contribution in [3.05, 3.63) is 0 Å². The summed E-state index contributed by atoms with van der Waals surface area (Å²) in [6, 6.07) is 0.311. The molecule has 102 valence electrons. The first kappa shape index (κ1) is 14.8. The Morgan fingerprint density at radius 2 is 2.17 bits per heavy atom. The van der Waals surface area contributed by atoms with Gasteiger partial charge in [-0.15, -0.1) is 0 Å². The van der Waals surface area contributed by atoms with E-state index in [9.17, 15) is 9.59 Å². The molecular weight excluding hydrogens is 252 g/mol. The van der Waals surface area contributed by atoms with Crippen molar-refractivity contribution in [3.63, 3.8) is 0 Å². The van der Waals surface area contributed by atoms with Crippen LogP contribution < -0.4 is 11.1 Å². The van der Waals surface area contributed by atoms with Crippen molar-refractivity contribution in [3.8, 4) is 0 Å². The summed E-state index contributed by atoms with van der Waals surface area (Å²) in [4.78, 5) is 27.3. The van der Waals surface area contributed by atoms with Crippen LogP contribution in [-0.4, -0.2) is 66.4 Å². The maximum absolute atomic E-state index is 11.9. The molecule has 7 heteroatoms. The maximum atomic E-state index is 11.9. The molecule has 6 nitrogen and oxygen atoms in total. The van der Waals surface area contributed by atoms with Crippen LogP contribution in [-0.2, 0) is 9.59 Å². The molecular formula is C11H20N4O2S. The molecule has 1 aliphatic heterocycles. The maximum Gasteiger partial charge on any atom is 0.311 e. The number of carbonyl (C=O) groups excluding carboxylic acids is 2. The monoisotopic (exact) mass is 272 g/mol. The molecule has 0 saturated carbocycles. The highest BCUT2D eigenvalue weighted by Crippen LogP contribution is 2.13. The number of thiocarbonyl (C=S) groups is 1. The first-order valence-corrected chi connectivity index (χ1v) is 6.34. The second kappa shape index (κ2) is 6.65. The van der Waals surface area contributed by atoms with Crippen LogP contribution in [0.25, 0.3) is 0 Å². The Morgan fingerprint density at radius 1 is 1.50 bits per heavy atom. The topological polar surface area (TPSA) is 78.7 Å². The van der Waals surface area contributed by atoms with E-state index in [1.165, 1.54) is 0 Å². The molecule has 1 heterocycles. The number of carbonyl (C=O) groups is 2. The molecule has 0 aliphatic carbocycles. The lowest BCUT2D eigenvalue weighted by atomic mass is 10.0. The van der Waals surface area contributed by atoms with Gasteiger partial charge in [0.1, 0.15) is 0 Å². The van der Waals surface area contributed by atoms with Crippen LogP contribution in [0.15, 0.2) is 0 Å². The summed E-state index contributed by atoms with van der Waals surface area (Å²) in [6.07, 6.45) is 1.96. The third-order valence-electron chi connectivity index (χ3n) is 3.03. The van der Waals surface area contributed by atoms with Gasteiger partial charge in [0.15, 0.2) is 0 Å². The minimum atomic E-state index is -0.637. The normalized spacial score (nSPS) is 19.7. The second-order valence-electron chi connectivity index (χ2n) is 4.66. The van der Waals surface area contributed by atoms with E-state index in [1.807, 2.05) is 14.1 Å². The number of likely N-dealkylation sites (tertiary alicyclic amines) is 1. The molecule has 0 aromatic rings. The molecule has 2 amide bonds. The summed E-state index contributed by atoms with van der Waals surface area (Å²) < 4.78 is 0. The fourth-order valence-electron chi connectivity index (χ4n) is 1.95. The predicted molar refractivity (Wildman–Crippen MR) is 73.1 cm³/mol. The van der Waals surface area contributed by atoms with E-state index in [1.54, 1.807) is 4.90 Å². The number of nitrogens with zero attached hydrogens (tertiary/aromatic N) is 2. The highest BCUT2D eigenvalue weighted by atomic mass is 32.1. The zero-order valence-electron chi connectivity index (χ0n) is 10.8. The SMILES string of the molecule is CN(C)C1CCCN(C(=O)C(=O)NCC(N)=S)C1. The Balaban J connectivity index is 2.50. The van der Waals surface area contributed by atoms with Crippen LogP contribution in [0.2, 0.25) is 0 Å². The van der Waals surface area contributed by atoms with Gasteiger partial charge in [-0.05, 0) is 26.9 Å². The van der Waals surface area contributed by atoms with Crippen molar-refractivity contribution in [1.82, 2.24) is 15.1 Å². The Morgan fingerprint density at radius 3 is 2.72 bits per heavy atom. The molecule has 1 rings (SSSR count). The molecule has 3 N–H and O–H groups in total. The van der Waals surface area contributed by atoms with Gasteiger partial charge in [-0.1, -0.05) is 12.2 Å². The number of amides is 2. The fourth-order valence-corrected chi connectivity index (χ4v) is 2.02. The molecule has 18 heavy (non-hydrogen) atoms. The van der Waals surface area contributed by atoms with E-state index in [4.69, 9.17) is 5.73 Å². The van der Waals surface area contributed by atoms with E-state index in [0.717, 1.165) is 12.8 Å². The zero-order valence-corrected chi connectivity index (χ0v) is 11.6. The summed E-state index contributed by atoms with van der Waals surface area (Å²) in [6.45, 7) is 1.28. The summed E-state index contributed by atoms with van der Waals surface area (Å²) in [7, 11) is 3.96. The molecule has 1 aliphatic rings. The second-order valence-corrected chi connectivity index (χ2v) is 5.18. The van der Waals surface area contributed by atoms with Gasteiger partial charge in [0.2, 0.25) is 0 Å². The smallest absolute Gasteiger partial charge is 0.311 e. The Bertz CT molecular complexity index is 346. The minimum Gasteiger partial charge on any atom is -0.392 e. The number of rotatable bonds is 3. The van der Waals surface area contributed by atoms with Crippen molar-refractivity contribution in [2.45, 2.75) is 18.9 Å². The third kappa shape index (κ3) is 4.23. The summed E-state index contributed by atoms with van der Waals surface area (Å²) in [5.41, 5.74) is 5.27. The molecule has 0 aromatic heterocycles. The first-order valence-electron chi connectivity index (χ1n) is 5.93. The number of nitrogens with two attached hydrogens (primary N) is 1. The third-order valence-corrected chi connectivity index (χ3v) is 3.18. The van der Waals surface area contributed by atoms with Gasteiger partial charge in [0, 0.05) is 19.1 Å². The molecule has 0 spiro atoms. The average molecular weight is 272 g/mol. The molecule has 0 radical (unpaired) electrons. The molecule has 1 saturated heterocycles. The van der Waals surface area contributed by atoms with Crippen molar-refractivity contribution < 1.29 is 9.59 Å². The fraction of sp³-hybridized carbons (Fsp3) is 0.727. The lowest BCUT2D eigenvalue weighted by Gasteiger charge is -2.35. The molecule has 1 atom stereocenters. The molecule has 1 unspecified atom stereocenters. The van der Waals surface area contributed by atoms with Crippen LogP contribution in [0.4, 0.5) is 0 Å². The van der Waals surface area contributed by atoms with Crippen molar-refractivity contribution in [2.75, 3.05) is 33.7 Å². The largest absolute Gasteiger partial charge is 0.392 e. The van der Waals surface area contributed by atoms with E-state index in [2.05, 4.69) is 22.4 Å². The van der Waals surface area contributed by atoms with Crippen molar-refractivity contribution in [1.29, 1.82) is 0 Å². The quantitative estimate of drug-likeness (QED) is 0.506. The summed E-state index contributed by atoms with van der Waals surface area (Å²) in [5.74, 6) is -1.14. The number of nitrogens with one attached hydrogen (secondary N) is 1. The van der Waals surface area contributed by atoms with Crippen LogP contribution in [0, 0.1) is 0 Å². The van der Waals surface area contributed by atoms with Gasteiger partial charge in [-0.25, -0.2) is 0 Å². The predicted octanol–water partition coefficient (Wildman–Crippen LogP) is -1.06. The highest BCUT2D eigenvalue weighted by Gasteiger charge is 2.28. The Kier molecular flexibility index (Phi) is 5.49. The number of piperidine rings is 1. The Hall–Kier alpha value is -1.21. The minimum absolute atomic E-state index is 0.0604. The van der Waals surface area contributed by atoms with Gasteiger partial charge < -0.3 is 20.9 Å². The van der Waals surface area contributed by atoms with E-state index < -0.39 is 11.8 Å². The summed E-state index contributed by atoms with van der Waals surface area (Å²) >= 11 is 4.64. The highest BCUT2D eigenvalue weighted by molar-refractivity contribution is 7.80. The van der Waals surface area contributed by atoms with E-state index in [0.29, 0.717) is 19.1 Å². The van der Waals surface area contributed by atoms with Crippen molar-refractivity contribution in [2.24, 2.45) is 5.73 Å². The van der Waals surface area contributed by atoms with Gasteiger partial charge >= 0.3 is 11.8 Å². The Labute approximate surface area is 112 Å². The van der Waals surface area contributed by atoms with Crippen LogP contribution in [0.3, 0.4) is 0 Å². The van der Waals surface area contributed by atoms with E-state index in [-0.39, 0.29) is 11.5 Å². The van der Waals surface area contributed by atoms with Crippen LogP contribution >= 0.6 is 12.2 Å². The number of likely N-dealkylation sites (N-methyl/N-ethyl adjacent to an activating group) is 1. The first-order chi connectivity index (χ1) is 8.41. The molecule has 1 fully saturated rings. The molecule has 0 aromatic carbocycles. The standard InChI is InChI=1S/C11H20N4O2S/c1-14(2)8-4-3-5-15(7-8)11(17)10(16)13-6-9(12)18/h8H,3-7H2,1-2H3,(H2,12,18)(H,13,16). The summed E-state index contributed by atoms with van der Waals surface area (Å²) in [5, 5.41) is 2.41. The average Bonchev–Trinajstić information content (AvgIpc) is 2.35. The molecule has 0 bridgehead atoms. The zero-order chi connectivity index (χ0) is 13.7. The number of hydrogen-bond donors (Lipinski definition) is 2.